The first-order valence-corrected chi connectivity index (χ1v) is 23.8. The van der Waals surface area contributed by atoms with Crippen molar-refractivity contribution in [3.05, 3.63) is 0 Å². The molecule has 5 N–H and O–H groups in total. The van der Waals surface area contributed by atoms with E-state index < -0.39 is 108 Å². The predicted molar refractivity (Wildman–Crippen MR) is 238 cm³/mol. The number of amides is 2. The monoisotopic (exact) mass is 916 g/mol. The van der Waals surface area contributed by atoms with Gasteiger partial charge in [-0.1, -0.05) is 47.0 Å². The molecule has 18 atom stereocenters. The van der Waals surface area contributed by atoms with Crippen molar-refractivity contribution in [2.24, 2.45) is 23.7 Å². The third-order valence-corrected chi connectivity index (χ3v) is 15.4. The van der Waals surface area contributed by atoms with Crippen LogP contribution in [0.15, 0.2) is 0 Å². The van der Waals surface area contributed by atoms with Crippen molar-refractivity contribution in [2.75, 3.05) is 41.4 Å². The lowest BCUT2D eigenvalue weighted by molar-refractivity contribution is -0.319. The summed E-state index contributed by atoms with van der Waals surface area (Å²) in [5.41, 5.74) is -4.38. The number of carbonyl (C=O) groups excluding carboxylic acids is 3. The lowest BCUT2D eigenvalue weighted by Crippen LogP contribution is -2.62. The number of nitrogens with zero attached hydrogens (tertiary/aromatic N) is 2. The quantitative estimate of drug-likeness (QED) is 0.176. The van der Waals surface area contributed by atoms with E-state index in [9.17, 15) is 34.8 Å². The molecule has 17 heteroatoms. The van der Waals surface area contributed by atoms with E-state index in [1.807, 2.05) is 32.8 Å². The summed E-state index contributed by atoms with van der Waals surface area (Å²) in [6, 6.07) is -0.339. The Labute approximate surface area is 382 Å². The zero-order valence-electron chi connectivity index (χ0n) is 41.3. The van der Waals surface area contributed by atoms with Gasteiger partial charge in [0.15, 0.2) is 12.6 Å². The van der Waals surface area contributed by atoms with Crippen molar-refractivity contribution in [1.82, 2.24) is 15.1 Å². The maximum absolute atomic E-state index is 14.4. The molecule has 0 bridgehead atoms. The molecule has 4 aliphatic rings. The van der Waals surface area contributed by atoms with Crippen LogP contribution in [0.25, 0.3) is 0 Å². The summed E-state index contributed by atoms with van der Waals surface area (Å²) in [7, 11) is 6.73. The molecule has 0 radical (unpaired) electrons. The minimum absolute atomic E-state index is 0.0703. The highest BCUT2D eigenvalue weighted by Crippen LogP contribution is 2.42. The van der Waals surface area contributed by atoms with E-state index in [0.29, 0.717) is 19.5 Å². The number of ketones is 1. The summed E-state index contributed by atoms with van der Waals surface area (Å²) in [4.78, 5) is 45.5. The zero-order chi connectivity index (χ0) is 48.1. The summed E-state index contributed by atoms with van der Waals surface area (Å²) >= 11 is 0. The smallest absolute Gasteiger partial charge is 0.317 e. The van der Waals surface area contributed by atoms with Gasteiger partial charge in [0.2, 0.25) is 0 Å². The lowest BCUT2D eigenvalue weighted by Gasteiger charge is -2.50. The van der Waals surface area contributed by atoms with Crippen molar-refractivity contribution in [3.63, 3.8) is 0 Å². The van der Waals surface area contributed by atoms with Gasteiger partial charge >= 0.3 is 12.0 Å². The third kappa shape index (κ3) is 12.3. The summed E-state index contributed by atoms with van der Waals surface area (Å²) in [5.74, 6) is -4.70. The van der Waals surface area contributed by atoms with E-state index in [2.05, 4.69) is 5.32 Å². The molecule has 64 heavy (non-hydrogen) atoms. The number of carbonyl (C=O) groups is 3. The third-order valence-electron chi connectivity index (χ3n) is 15.4. The molecule has 4 fully saturated rings. The Morgan fingerprint density at radius 2 is 1.48 bits per heavy atom. The minimum atomic E-state index is -1.99. The van der Waals surface area contributed by atoms with Gasteiger partial charge in [-0.25, -0.2) is 4.79 Å². The number of hydrogen-bond donors (Lipinski definition) is 5. The first-order chi connectivity index (χ1) is 29.9. The second-order valence-electron chi connectivity index (χ2n) is 20.3. The highest BCUT2D eigenvalue weighted by atomic mass is 16.7. The average molecular weight is 916 g/mol. The fraction of sp³-hybridized carbons (Fsp3) is 0.936. The summed E-state index contributed by atoms with van der Waals surface area (Å²) < 4.78 is 44.5. The second kappa shape index (κ2) is 22.8. The normalized spacial score (nSPS) is 43.6. The van der Waals surface area contributed by atoms with Gasteiger partial charge in [-0.15, -0.1) is 0 Å². The van der Waals surface area contributed by atoms with Crippen LogP contribution in [-0.2, 0) is 42.7 Å². The van der Waals surface area contributed by atoms with Crippen molar-refractivity contribution in [3.8, 4) is 0 Å². The maximum atomic E-state index is 14.4. The minimum Gasteiger partial charge on any atom is -0.459 e. The van der Waals surface area contributed by atoms with Gasteiger partial charge in [-0.2, -0.15) is 0 Å². The van der Waals surface area contributed by atoms with Crippen LogP contribution in [0.4, 0.5) is 4.79 Å². The number of likely N-dealkylation sites (N-methyl/N-ethyl adjacent to an activating group) is 1. The van der Waals surface area contributed by atoms with Crippen molar-refractivity contribution < 1.29 is 68.0 Å². The molecule has 0 aromatic rings. The van der Waals surface area contributed by atoms with Crippen LogP contribution in [0, 0.1) is 23.7 Å². The number of methoxy groups -OCH3 is 2. The highest BCUT2D eigenvalue weighted by Gasteiger charge is 2.54. The Kier molecular flexibility index (Phi) is 19.5. The number of Topliss-reactive ketones (excluding diaryl/α,β-unsaturated/α-hetero) is 1. The van der Waals surface area contributed by atoms with Gasteiger partial charge in [0.25, 0.3) is 0 Å². The number of hydrogen-bond acceptors (Lipinski definition) is 15. The summed E-state index contributed by atoms with van der Waals surface area (Å²) in [5, 5.41) is 49.6. The molecule has 3 aliphatic heterocycles. The van der Waals surface area contributed by atoms with Gasteiger partial charge < -0.3 is 63.8 Å². The molecule has 0 aromatic carbocycles. The first-order valence-electron chi connectivity index (χ1n) is 23.8. The summed E-state index contributed by atoms with van der Waals surface area (Å²) in [6.07, 6.45) is -4.10. The van der Waals surface area contributed by atoms with E-state index >= 15 is 0 Å². The number of nitrogens with one attached hydrogen (secondary N) is 1. The Balaban J connectivity index is 1.72. The van der Waals surface area contributed by atoms with Gasteiger partial charge in [-0.05, 0) is 80.7 Å². The van der Waals surface area contributed by atoms with E-state index in [4.69, 9.17) is 33.2 Å². The number of rotatable bonds is 12. The molecule has 3 saturated heterocycles. The van der Waals surface area contributed by atoms with Crippen molar-refractivity contribution in [2.45, 2.75) is 217 Å². The number of cyclic esters (lactones) is 1. The lowest BCUT2D eigenvalue weighted by atomic mass is 9.74. The molecule has 3 heterocycles. The SMILES string of the molecule is CC[C@H]1OC(=O)[C@H](C)[C@@H](O[C@H]2C[C@@](C)(OC)[C@@H](O)[C@H](C)O2)[C@H](C)[C@@H](O[C@H]2O[C@H](C)C[C@H](N(C)CCNC(=O)N(C)C3CCCCC3)[C@H]2O)[C@](C)(OC)C[C@@H](C)C(=O)[C@H](C)[C@@H](O)[C@]1(C)O. The van der Waals surface area contributed by atoms with Crippen LogP contribution in [0.3, 0.4) is 0 Å². The van der Waals surface area contributed by atoms with Crippen LogP contribution in [-0.4, -0.2) is 180 Å². The van der Waals surface area contributed by atoms with E-state index in [1.54, 1.807) is 53.4 Å². The van der Waals surface area contributed by atoms with Gasteiger partial charge in [0.1, 0.15) is 29.7 Å². The van der Waals surface area contributed by atoms with Gasteiger partial charge in [0.05, 0.1) is 47.6 Å². The van der Waals surface area contributed by atoms with Crippen LogP contribution in [0.5, 0.6) is 0 Å². The largest absolute Gasteiger partial charge is 0.459 e. The molecule has 17 nitrogen and oxygen atoms in total. The fourth-order valence-electron chi connectivity index (χ4n) is 10.8. The maximum Gasteiger partial charge on any atom is 0.317 e. The Morgan fingerprint density at radius 1 is 0.859 bits per heavy atom. The fourth-order valence-corrected chi connectivity index (χ4v) is 10.8. The van der Waals surface area contributed by atoms with Crippen LogP contribution in [0.1, 0.15) is 127 Å². The molecule has 2 amide bonds. The van der Waals surface area contributed by atoms with Crippen LogP contribution < -0.4 is 5.32 Å². The molecule has 0 aromatic heterocycles. The first kappa shape index (κ1) is 54.6. The second-order valence-corrected chi connectivity index (χ2v) is 20.3. The van der Waals surface area contributed by atoms with E-state index in [0.717, 1.165) is 25.7 Å². The molecular formula is C47H85N3O14. The molecule has 4 rings (SSSR count). The Bertz CT molecular complexity index is 1520. The molecule has 372 valence electrons. The molecule has 0 spiro atoms. The number of ether oxygens (including phenoxy) is 7. The molecule has 1 saturated carbocycles. The average Bonchev–Trinajstić information content (AvgIpc) is 3.27. The number of urea groups is 1. The van der Waals surface area contributed by atoms with Crippen LogP contribution in [0.2, 0.25) is 0 Å². The van der Waals surface area contributed by atoms with Crippen LogP contribution >= 0.6 is 0 Å². The van der Waals surface area contributed by atoms with Gasteiger partial charge in [-0.3, -0.25) is 14.5 Å². The van der Waals surface area contributed by atoms with Crippen molar-refractivity contribution in [1.29, 1.82) is 0 Å². The zero-order valence-corrected chi connectivity index (χ0v) is 41.3. The Morgan fingerprint density at radius 3 is 2.08 bits per heavy atom. The number of aliphatic hydroxyl groups is 4. The van der Waals surface area contributed by atoms with E-state index in [1.165, 1.54) is 27.6 Å². The Hall–Kier alpha value is -2.03. The summed E-state index contributed by atoms with van der Waals surface area (Å²) in [6.45, 7) is 17.8. The topological polar surface area (TPSA) is 215 Å². The molecular weight excluding hydrogens is 831 g/mol. The van der Waals surface area contributed by atoms with E-state index in [-0.39, 0.29) is 43.2 Å². The predicted octanol–water partition coefficient (Wildman–Crippen LogP) is 3.78. The number of aliphatic hydroxyl groups excluding tert-OH is 3. The molecule has 1 aliphatic carbocycles. The number of esters is 1. The van der Waals surface area contributed by atoms with Crippen molar-refractivity contribution >= 4 is 17.8 Å². The highest BCUT2D eigenvalue weighted by molar-refractivity contribution is 5.83. The standard InChI is InChI=1S/C47H85N3O14/c1-15-34-47(10,57)39(53)28(4)36(51)26(2)24-46(9,59-14)41(29(5)38(30(6)42(55)62-34)63-35-25-45(8,58-13)40(54)31(7)61-35)64-43-37(52)33(23-27(3)60-43)49(11)22-21-48-44(56)50(12)32-19-17-16-18-20-32/h26-35,37-41,43,52-54,57H,15-25H2,1-14H3,(H,48,56)/t26-,27-,28+,29+,30-,31+,33+,34-,35+,37-,38+,39-,40+,41-,43-,45-,46-,47-/m1/s1. The molecule has 0 unspecified atom stereocenters. The van der Waals surface area contributed by atoms with Gasteiger partial charge in [0, 0.05) is 70.6 Å².